The summed E-state index contributed by atoms with van der Waals surface area (Å²) in [6.07, 6.45) is -0.0737. The van der Waals surface area contributed by atoms with E-state index in [0.29, 0.717) is 5.69 Å². The monoisotopic (exact) mass is 364 g/mol. The van der Waals surface area contributed by atoms with Crippen molar-refractivity contribution < 1.29 is 24.0 Å². The third-order valence-corrected chi connectivity index (χ3v) is 3.75. The van der Waals surface area contributed by atoms with E-state index in [9.17, 15) is 24.5 Å². The van der Waals surface area contributed by atoms with Gasteiger partial charge in [-0.3, -0.25) is 25.0 Å². The lowest BCUT2D eigenvalue weighted by molar-refractivity contribution is -0.384. The SMILES string of the molecule is COC(=O)c1cc(C(=O)Nc2nc(CC(N)=O)cs2)cc([N+](=O)[O-])c1. The molecular weight excluding hydrogens is 352 g/mol. The first kappa shape index (κ1) is 18.0. The molecule has 0 saturated heterocycles. The first-order valence-electron chi connectivity index (χ1n) is 6.72. The average molecular weight is 364 g/mol. The number of nitro benzene ring substituents is 1. The number of nitro groups is 1. The van der Waals surface area contributed by atoms with Crippen LogP contribution >= 0.6 is 11.3 Å². The lowest BCUT2D eigenvalue weighted by atomic mass is 10.1. The third kappa shape index (κ3) is 4.57. The molecule has 0 radical (unpaired) electrons. The van der Waals surface area contributed by atoms with Gasteiger partial charge in [0.05, 0.1) is 29.7 Å². The maximum absolute atomic E-state index is 12.3. The molecule has 1 aromatic heterocycles. The second-order valence-electron chi connectivity index (χ2n) is 4.76. The normalized spacial score (nSPS) is 10.1. The summed E-state index contributed by atoms with van der Waals surface area (Å²) in [5.41, 5.74) is 4.78. The average Bonchev–Trinajstić information content (AvgIpc) is 2.99. The Bertz CT molecular complexity index is 863. The fraction of sp³-hybridized carbons (Fsp3) is 0.143. The van der Waals surface area contributed by atoms with Gasteiger partial charge in [0.15, 0.2) is 5.13 Å². The van der Waals surface area contributed by atoms with Crippen molar-refractivity contribution in [2.24, 2.45) is 5.73 Å². The van der Waals surface area contributed by atoms with Crippen LogP contribution in [0.2, 0.25) is 0 Å². The fourth-order valence-electron chi connectivity index (χ4n) is 1.88. The minimum atomic E-state index is -0.809. The van der Waals surface area contributed by atoms with Gasteiger partial charge in [0.2, 0.25) is 5.91 Å². The standard InChI is InChI=1S/C14H12N4O6S/c1-24-13(21)8-2-7(3-10(4-8)18(22)23)12(20)17-14-16-9(6-25-14)5-11(15)19/h2-4,6H,5H2,1H3,(H2,15,19)(H,16,17,20). The highest BCUT2D eigenvalue weighted by atomic mass is 32.1. The summed E-state index contributed by atoms with van der Waals surface area (Å²) in [6, 6.07) is 3.21. The van der Waals surface area contributed by atoms with Gasteiger partial charge in [-0.2, -0.15) is 0 Å². The molecule has 0 aliphatic carbocycles. The van der Waals surface area contributed by atoms with Gasteiger partial charge in [-0.25, -0.2) is 9.78 Å². The number of thiazole rings is 1. The van der Waals surface area contributed by atoms with E-state index < -0.39 is 28.4 Å². The summed E-state index contributed by atoms with van der Waals surface area (Å²) < 4.78 is 4.52. The number of nitrogens with zero attached hydrogens (tertiary/aromatic N) is 2. The van der Waals surface area contributed by atoms with Gasteiger partial charge in [-0.15, -0.1) is 11.3 Å². The highest BCUT2D eigenvalue weighted by molar-refractivity contribution is 7.14. The van der Waals surface area contributed by atoms with E-state index in [2.05, 4.69) is 15.0 Å². The molecule has 2 rings (SSSR count). The van der Waals surface area contributed by atoms with Gasteiger partial charge in [0, 0.05) is 23.1 Å². The van der Waals surface area contributed by atoms with Crippen LogP contribution in [0.1, 0.15) is 26.4 Å². The Kier molecular flexibility index (Phi) is 5.39. The number of benzene rings is 1. The number of amides is 2. The highest BCUT2D eigenvalue weighted by Crippen LogP contribution is 2.21. The molecule has 0 atom stereocenters. The highest BCUT2D eigenvalue weighted by Gasteiger charge is 2.19. The predicted molar refractivity (Wildman–Crippen MR) is 87.4 cm³/mol. The number of methoxy groups -OCH3 is 1. The Hall–Kier alpha value is -3.34. The fourth-order valence-corrected chi connectivity index (χ4v) is 2.58. The molecule has 0 aliphatic heterocycles. The molecule has 2 aromatic rings. The van der Waals surface area contributed by atoms with Gasteiger partial charge in [0.1, 0.15) is 0 Å². The van der Waals surface area contributed by atoms with Gasteiger partial charge < -0.3 is 10.5 Å². The first-order chi connectivity index (χ1) is 11.8. The Morgan fingerprint density at radius 2 is 2.00 bits per heavy atom. The molecule has 3 N–H and O–H groups in total. The van der Waals surface area contributed by atoms with Crippen LogP contribution in [0.25, 0.3) is 0 Å². The number of nitrogens with two attached hydrogens (primary N) is 1. The number of primary amides is 1. The van der Waals surface area contributed by atoms with E-state index in [1.54, 1.807) is 5.38 Å². The van der Waals surface area contributed by atoms with Crippen molar-refractivity contribution in [2.45, 2.75) is 6.42 Å². The van der Waals surface area contributed by atoms with Gasteiger partial charge in [-0.1, -0.05) is 0 Å². The first-order valence-corrected chi connectivity index (χ1v) is 7.60. The molecule has 2 amide bonds. The van der Waals surface area contributed by atoms with Gasteiger partial charge in [0.25, 0.3) is 11.6 Å². The Labute approximate surface area is 144 Å². The summed E-state index contributed by atoms with van der Waals surface area (Å²) in [7, 11) is 1.12. The number of ether oxygens (including phenoxy) is 1. The molecule has 0 bridgehead atoms. The van der Waals surface area contributed by atoms with Gasteiger partial charge >= 0.3 is 5.97 Å². The van der Waals surface area contributed by atoms with E-state index in [0.717, 1.165) is 30.6 Å². The zero-order valence-electron chi connectivity index (χ0n) is 12.8. The molecule has 1 aromatic carbocycles. The summed E-state index contributed by atoms with van der Waals surface area (Å²) in [5.74, 6) is -2.07. The van der Waals surface area contributed by atoms with Crippen LogP contribution in [0.15, 0.2) is 23.6 Å². The van der Waals surface area contributed by atoms with E-state index >= 15 is 0 Å². The summed E-state index contributed by atoms with van der Waals surface area (Å²) in [4.78, 5) is 49.0. The Morgan fingerprint density at radius 3 is 2.60 bits per heavy atom. The number of anilines is 1. The number of nitrogens with one attached hydrogen (secondary N) is 1. The molecule has 11 heteroatoms. The summed E-state index contributed by atoms with van der Waals surface area (Å²) in [5, 5.41) is 15.2. The quantitative estimate of drug-likeness (QED) is 0.442. The van der Waals surface area contributed by atoms with Gasteiger partial charge in [-0.05, 0) is 6.07 Å². The van der Waals surface area contributed by atoms with Crippen LogP contribution < -0.4 is 11.1 Å². The number of hydrogen-bond acceptors (Lipinski definition) is 8. The van der Waals surface area contributed by atoms with Crippen LogP contribution in [0, 0.1) is 10.1 Å². The predicted octanol–water partition coefficient (Wildman–Crippen LogP) is 1.12. The smallest absolute Gasteiger partial charge is 0.338 e. The van der Waals surface area contributed by atoms with Crippen molar-refractivity contribution in [3.63, 3.8) is 0 Å². The lowest BCUT2D eigenvalue weighted by Crippen LogP contribution is -2.15. The number of esters is 1. The minimum absolute atomic E-state index is 0.0737. The molecule has 1 heterocycles. The maximum atomic E-state index is 12.3. The van der Waals surface area contributed by atoms with Crippen molar-refractivity contribution in [1.82, 2.24) is 4.98 Å². The number of carbonyl (C=O) groups is 3. The van der Waals surface area contributed by atoms with Crippen molar-refractivity contribution in [1.29, 1.82) is 0 Å². The molecule has 0 saturated carbocycles. The van der Waals surface area contributed by atoms with E-state index in [1.807, 2.05) is 0 Å². The molecule has 0 fully saturated rings. The molecule has 10 nitrogen and oxygen atoms in total. The number of rotatable bonds is 6. The number of aromatic nitrogens is 1. The third-order valence-electron chi connectivity index (χ3n) is 2.94. The second kappa shape index (κ2) is 7.49. The summed E-state index contributed by atoms with van der Waals surface area (Å²) in [6.45, 7) is 0. The van der Waals surface area contributed by atoms with E-state index in [1.165, 1.54) is 6.07 Å². The number of carbonyl (C=O) groups excluding carboxylic acids is 3. The molecule has 0 unspecified atom stereocenters. The minimum Gasteiger partial charge on any atom is -0.465 e. The van der Waals surface area contributed by atoms with Crippen LogP contribution in [0.5, 0.6) is 0 Å². The number of hydrogen-bond donors (Lipinski definition) is 2. The van der Waals surface area contributed by atoms with Crippen molar-refractivity contribution in [3.05, 3.63) is 50.5 Å². The molecule has 0 spiro atoms. The van der Waals surface area contributed by atoms with Crippen LogP contribution in [0.4, 0.5) is 10.8 Å². The van der Waals surface area contributed by atoms with Crippen LogP contribution in [-0.2, 0) is 16.0 Å². The lowest BCUT2D eigenvalue weighted by Gasteiger charge is -2.05. The van der Waals surface area contributed by atoms with Crippen molar-refractivity contribution in [3.8, 4) is 0 Å². The van der Waals surface area contributed by atoms with Crippen LogP contribution in [-0.4, -0.2) is 34.8 Å². The largest absolute Gasteiger partial charge is 0.465 e. The molecular formula is C14H12N4O6S. The molecule has 130 valence electrons. The second-order valence-corrected chi connectivity index (χ2v) is 5.62. The molecule has 0 aliphatic rings. The van der Waals surface area contributed by atoms with Crippen LogP contribution in [0.3, 0.4) is 0 Å². The Morgan fingerprint density at radius 1 is 1.32 bits per heavy atom. The number of non-ortho nitro benzene ring substituents is 1. The van der Waals surface area contributed by atoms with E-state index in [-0.39, 0.29) is 22.7 Å². The van der Waals surface area contributed by atoms with Crippen molar-refractivity contribution >= 4 is 39.9 Å². The zero-order chi connectivity index (χ0) is 18.6. The topological polar surface area (TPSA) is 155 Å². The van der Waals surface area contributed by atoms with E-state index in [4.69, 9.17) is 5.73 Å². The maximum Gasteiger partial charge on any atom is 0.338 e. The summed E-state index contributed by atoms with van der Waals surface area (Å²) >= 11 is 1.06. The molecule has 25 heavy (non-hydrogen) atoms. The Balaban J connectivity index is 2.27. The van der Waals surface area contributed by atoms with Crippen molar-refractivity contribution in [2.75, 3.05) is 12.4 Å². The zero-order valence-corrected chi connectivity index (χ0v) is 13.7.